The number of rotatable bonds is 3. The number of nitrogens with zero attached hydrogens (tertiary/aromatic N) is 1. The van der Waals surface area contributed by atoms with Gasteiger partial charge >= 0.3 is 0 Å². The van der Waals surface area contributed by atoms with Crippen LogP contribution in [0.3, 0.4) is 0 Å². The first-order chi connectivity index (χ1) is 8.22. The van der Waals surface area contributed by atoms with Crippen molar-refractivity contribution in [3.05, 3.63) is 33.3 Å². The molecule has 1 aliphatic rings. The summed E-state index contributed by atoms with van der Waals surface area (Å²) < 4.78 is 0.880. The quantitative estimate of drug-likeness (QED) is 0.895. The van der Waals surface area contributed by atoms with Gasteiger partial charge in [0.05, 0.1) is 17.7 Å². The third-order valence-electron chi connectivity index (χ3n) is 3.09. The van der Waals surface area contributed by atoms with Crippen molar-refractivity contribution in [2.45, 2.75) is 6.04 Å². The van der Waals surface area contributed by atoms with Gasteiger partial charge in [0.2, 0.25) is 0 Å². The Hall–Kier alpha value is -0.130. The Morgan fingerprint density at radius 1 is 1.41 bits per heavy atom. The Morgan fingerprint density at radius 3 is 2.71 bits per heavy atom. The van der Waals surface area contributed by atoms with E-state index in [-0.39, 0.29) is 12.6 Å². The molecule has 0 radical (unpaired) electrons. The van der Waals surface area contributed by atoms with E-state index in [1.807, 2.05) is 18.2 Å². The molecule has 1 atom stereocenters. The number of hydrogen-bond acceptors (Lipinski definition) is 3. The summed E-state index contributed by atoms with van der Waals surface area (Å²) in [5, 5.41) is 13.6. The lowest BCUT2D eigenvalue weighted by Crippen LogP contribution is -2.46. The van der Waals surface area contributed by atoms with Crippen LogP contribution in [0.4, 0.5) is 0 Å². The predicted octanol–water partition coefficient (Wildman–Crippen LogP) is 2.04. The van der Waals surface area contributed by atoms with Crippen molar-refractivity contribution in [3.63, 3.8) is 0 Å². The zero-order valence-corrected chi connectivity index (χ0v) is 11.8. The minimum Gasteiger partial charge on any atom is -0.394 e. The second-order valence-corrected chi connectivity index (χ2v) is 5.42. The highest BCUT2D eigenvalue weighted by Gasteiger charge is 2.21. The molecular weight excluding hydrogens is 304 g/mol. The lowest BCUT2D eigenvalue weighted by atomic mass is 10.1. The molecule has 1 fully saturated rings. The van der Waals surface area contributed by atoms with E-state index in [1.165, 1.54) is 0 Å². The highest BCUT2D eigenvalue weighted by Crippen LogP contribution is 2.28. The van der Waals surface area contributed by atoms with E-state index >= 15 is 0 Å². The number of aliphatic hydroxyl groups is 1. The summed E-state index contributed by atoms with van der Waals surface area (Å²) in [5.74, 6) is 0. The van der Waals surface area contributed by atoms with Crippen LogP contribution in [-0.4, -0.2) is 42.8 Å². The van der Waals surface area contributed by atoms with E-state index in [1.54, 1.807) is 0 Å². The van der Waals surface area contributed by atoms with Gasteiger partial charge in [0.25, 0.3) is 0 Å². The second kappa shape index (κ2) is 6.16. The van der Waals surface area contributed by atoms with Gasteiger partial charge in [-0.2, -0.15) is 0 Å². The van der Waals surface area contributed by atoms with Crippen LogP contribution in [0.25, 0.3) is 0 Å². The van der Waals surface area contributed by atoms with Crippen molar-refractivity contribution in [1.29, 1.82) is 0 Å². The van der Waals surface area contributed by atoms with Crippen molar-refractivity contribution in [2.24, 2.45) is 0 Å². The van der Waals surface area contributed by atoms with E-state index in [0.29, 0.717) is 5.02 Å². The average molecular weight is 320 g/mol. The number of halogens is 2. The molecule has 2 N–H and O–H groups in total. The first-order valence-corrected chi connectivity index (χ1v) is 6.90. The van der Waals surface area contributed by atoms with Crippen LogP contribution >= 0.6 is 27.5 Å². The molecule has 2 rings (SSSR count). The van der Waals surface area contributed by atoms with Crippen molar-refractivity contribution >= 4 is 27.5 Å². The molecule has 1 aliphatic heterocycles. The van der Waals surface area contributed by atoms with Gasteiger partial charge in [0.1, 0.15) is 0 Å². The van der Waals surface area contributed by atoms with Gasteiger partial charge in [-0.15, -0.1) is 0 Å². The molecule has 0 amide bonds. The molecule has 0 aromatic heterocycles. The predicted molar refractivity (Wildman–Crippen MR) is 73.4 cm³/mol. The fourth-order valence-corrected chi connectivity index (χ4v) is 2.66. The standard InChI is InChI=1S/C12H16BrClN2O/c13-10-7-9(1-2-11(10)14)12(8-17)16-5-3-15-4-6-16/h1-2,7,12,15,17H,3-6,8H2/t12-/m0/s1. The maximum atomic E-state index is 9.58. The number of piperazine rings is 1. The van der Waals surface area contributed by atoms with Gasteiger partial charge in [0.15, 0.2) is 0 Å². The summed E-state index contributed by atoms with van der Waals surface area (Å²) in [6.07, 6.45) is 0. The molecule has 17 heavy (non-hydrogen) atoms. The number of hydrogen-bond donors (Lipinski definition) is 2. The summed E-state index contributed by atoms with van der Waals surface area (Å²) in [6.45, 7) is 4.02. The molecule has 5 heteroatoms. The Bertz CT molecular complexity index is 383. The zero-order chi connectivity index (χ0) is 12.3. The van der Waals surface area contributed by atoms with Gasteiger partial charge in [-0.1, -0.05) is 17.7 Å². The maximum absolute atomic E-state index is 9.58. The fourth-order valence-electron chi connectivity index (χ4n) is 2.15. The minimum atomic E-state index is 0.0608. The summed E-state index contributed by atoms with van der Waals surface area (Å²) in [7, 11) is 0. The van der Waals surface area contributed by atoms with E-state index in [9.17, 15) is 5.11 Å². The molecular formula is C12H16BrClN2O. The topological polar surface area (TPSA) is 35.5 Å². The molecule has 0 unspecified atom stereocenters. The van der Waals surface area contributed by atoms with Crippen LogP contribution in [0, 0.1) is 0 Å². The van der Waals surface area contributed by atoms with E-state index in [0.717, 1.165) is 36.2 Å². The van der Waals surface area contributed by atoms with Crippen LogP contribution in [-0.2, 0) is 0 Å². The smallest absolute Gasteiger partial charge is 0.0628 e. The summed E-state index contributed by atoms with van der Waals surface area (Å²) in [5.41, 5.74) is 1.10. The molecule has 0 saturated carbocycles. The van der Waals surface area contributed by atoms with Crippen molar-refractivity contribution < 1.29 is 5.11 Å². The van der Waals surface area contributed by atoms with Gasteiger partial charge in [-0.3, -0.25) is 4.90 Å². The second-order valence-electron chi connectivity index (χ2n) is 4.16. The Labute approximate surface area is 115 Å². The first-order valence-electron chi connectivity index (χ1n) is 5.73. The largest absolute Gasteiger partial charge is 0.394 e. The normalized spacial score (nSPS) is 19.2. The minimum absolute atomic E-state index is 0.0608. The van der Waals surface area contributed by atoms with Gasteiger partial charge in [-0.05, 0) is 33.6 Å². The fraction of sp³-hybridized carbons (Fsp3) is 0.500. The van der Waals surface area contributed by atoms with Gasteiger partial charge in [-0.25, -0.2) is 0 Å². The Kier molecular flexibility index (Phi) is 4.82. The van der Waals surface area contributed by atoms with Gasteiger partial charge < -0.3 is 10.4 Å². The molecule has 94 valence electrons. The summed E-state index contributed by atoms with van der Waals surface area (Å²) in [6, 6.07) is 5.90. The molecule has 0 spiro atoms. The lowest BCUT2D eigenvalue weighted by Gasteiger charge is -2.34. The number of aliphatic hydroxyl groups excluding tert-OH is 1. The van der Waals surface area contributed by atoms with Gasteiger partial charge in [0, 0.05) is 30.7 Å². The van der Waals surface area contributed by atoms with Crippen LogP contribution in [0.1, 0.15) is 11.6 Å². The molecule has 1 aromatic rings. The summed E-state index contributed by atoms with van der Waals surface area (Å²) >= 11 is 9.40. The molecule has 0 bridgehead atoms. The third-order valence-corrected chi connectivity index (χ3v) is 4.31. The van der Waals surface area contributed by atoms with E-state index in [4.69, 9.17) is 11.6 Å². The van der Waals surface area contributed by atoms with E-state index < -0.39 is 0 Å². The molecule has 3 nitrogen and oxygen atoms in total. The average Bonchev–Trinajstić information content (AvgIpc) is 2.36. The molecule has 0 aliphatic carbocycles. The first kappa shape index (κ1) is 13.3. The third kappa shape index (κ3) is 3.20. The Balaban J connectivity index is 2.18. The maximum Gasteiger partial charge on any atom is 0.0628 e. The lowest BCUT2D eigenvalue weighted by molar-refractivity contribution is 0.111. The highest BCUT2D eigenvalue weighted by atomic mass is 79.9. The SMILES string of the molecule is OC[C@@H](c1ccc(Cl)c(Br)c1)N1CCNCC1. The zero-order valence-electron chi connectivity index (χ0n) is 9.50. The van der Waals surface area contributed by atoms with Crippen molar-refractivity contribution in [3.8, 4) is 0 Å². The monoisotopic (exact) mass is 318 g/mol. The summed E-state index contributed by atoms with van der Waals surface area (Å²) in [4.78, 5) is 2.30. The van der Waals surface area contributed by atoms with Crippen molar-refractivity contribution in [2.75, 3.05) is 32.8 Å². The Morgan fingerprint density at radius 2 is 2.12 bits per heavy atom. The van der Waals surface area contributed by atoms with Crippen LogP contribution in [0.2, 0.25) is 5.02 Å². The van der Waals surface area contributed by atoms with Crippen molar-refractivity contribution in [1.82, 2.24) is 10.2 Å². The van der Waals surface area contributed by atoms with Crippen LogP contribution in [0.15, 0.2) is 22.7 Å². The molecule has 1 saturated heterocycles. The molecule has 1 heterocycles. The van der Waals surface area contributed by atoms with Crippen LogP contribution < -0.4 is 5.32 Å². The van der Waals surface area contributed by atoms with E-state index in [2.05, 4.69) is 26.1 Å². The highest BCUT2D eigenvalue weighted by molar-refractivity contribution is 9.10. The number of nitrogens with one attached hydrogen (secondary N) is 1. The van der Waals surface area contributed by atoms with Crippen LogP contribution in [0.5, 0.6) is 0 Å². The number of benzene rings is 1. The molecule has 1 aromatic carbocycles.